The standard InChI is InChI=1S/C14H18ClN3/c1-8-5-6-9(15)13-12(8)10(18-16)7-11(17-13)14(2,3)4/h5-7H,16H2,1-4H3,(H,17,18). The van der Waals surface area contributed by atoms with E-state index in [1.165, 1.54) is 0 Å². The Hall–Kier alpha value is -1.32. The molecule has 0 aliphatic rings. The number of halogens is 1. The van der Waals surface area contributed by atoms with Gasteiger partial charge >= 0.3 is 0 Å². The van der Waals surface area contributed by atoms with E-state index in [0.29, 0.717) is 5.02 Å². The topological polar surface area (TPSA) is 50.9 Å². The van der Waals surface area contributed by atoms with Crippen molar-refractivity contribution in [2.45, 2.75) is 33.1 Å². The molecule has 4 heteroatoms. The number of fused-ring (bicyclic) bond motifs is 1. The number of nitrogens with one attached hydrogen (secondary N) is 1. The lowest BCUT2D eigenvalue weighted by Gasteiger charge is -2.20. The number of nitrogen functional groups attached to an aromatic ring is 1. The molecule has 0 spiro atoms. The van der Waals surface area contributed by atoms with E-state index in [1.54, 1.807) is 0 Å². The highest BCUT2D eigenvalue weighted by molar-refractivity contribution is 6.35. The first-order chi connectivity index (χ1) is 8.34. The highest BCUT2D eigenvalue weighted by Crippen LogP contribution is 2.34. The molecule has 1 heterocycles. The molecule has 2 rings (SSSR count). The summed E-state index contributed by atoms with van der Waals surface area (Å²) in [7, 11) is 0. The lowest BCUT2D eigenvalue weighted by Crippen LogP contribution is -2.16. The van der Waals surface area contributed by atoms with Crippen LogP contribution in [-0.2, 0) is 5.41 Å². The van der Waals surface area contributed by atoms with Crippen LogP contribution < -0.4 is 11.3 Å². The van der Waals surface area contributed by atoms with Crippen molar-refractivity contribution in [2.75, 3.05) is 5.43 Å². The Bertz CT molecular complexity index is 600. The minimum atomic E-state index is -0.0487. The number of nitrogens with zero attached hydrogens (tertiary/aromatic N) is 1. The molecule has 3 nitrogen and oxygen atoms in total. The summed E-state index contributed by atoms with van der Waals surface area (Å²) >= 11 is 6.25. The van der Waals surface area contributed by atoms with Gasteiger partial charge in [-0.1, -0.05) is 38.4 Å². The maximum atomic E-state index is 6.25. The van der Waals surface area contributed by atoms with Crippen LogP contribution >= 0.6 is 11.6 Å². The van der Waals surface area contributed by atoms with Crippen LogP contribution in [0.2, 0.25) is 5.02 Å². The third-order valence-corrected chi connectivity index (χ3v) is 3.35. The highest BCUT2D eigenvalue weighted by atomic mass is 35.5. The average molecular weight is 264 g/mol. The maximum Gasteiger partial charge on any atom is 0.0915 e. The Kier molecular flexibility index (Phi) is 3.21. The number of aromatic nitrogens is 1. The van der Waals surface area contributed by atoms with Gasteiger partial charge in [0.2, 0.25) is 0 Å². The fourth-order valence-corrected chi connectivity index (χ4v) is 2.18. The predicted octanol–water partition coefficient (Wildman–Crippen LogP) is 3.78. The van der Waals surface area contributed by atoms with Crippen molar-refractivity contribution in [2.24, 2.45) is 5.84 Å². The van der Waals surface area contributed by atoms with E-state index in [1.807, 2.05) is 25.1 Å². The Balaban J connectivity index is 2.88. The van der Waals surface area contributed by atoms with Gasteiger partial charge in [0.1, 0.15) is 0 Å². The summed E-state index contributed by atoms with van der Waals surface area (Å²) in [5, 5.41) is 1.64. The van der Waals surface area contributed by atoms with Gasteiger partial charge in [0.05, 0.1) is 16.2 Å². The van der Waals surface area contributed by atoms with Crippen molar-refractivity contribution in [1.82, 2.24) is 4.98 Å². The van der Waals surface area contributed by atoms with Gasteiger partial charge in [-0.25, -0.2) is 0 Å². The number of hydrogen-bond acceptors (Lipinski definition) is 3. The molecule has 0 atom stereocenters. The second-order valence-corrected chi connectivity index (χ2v) is 5.94. The quantitative estimate of drug-likeness (QED) is 0.608. The summed E-state index contributed by atoms with van der Waals surface area (Å²) in [6, 6.07) is 5.84. The first-order valence-corrected chi connectivity index (χ1v) is 6.29. The normalized spacial score (nSPS) is 11.9. The van der Waals surface area contributed by atoms with Crippen molar-refractivity contribution < 1.29 is 0 Å². The molecule has 0 saturated heterocycles. The second kappa shape index (κ2) is 4.41. The number of aryl methyl sites for hydroxylation is 1. The fourth-order valence-electron chi connectivity index (χ4n) is 1.98. The second-order valence-electron chi connectivity index (χ2n) is 5.54. The number of rotatable bonds is 1. The molecule has 0 unspecified atom stereocenters. The molecule has 0 radical (unpaired) electrons. The van der Waals surface area contributed by atoms with Crippen molar-refractivity contribution in [3.8, 4) is 0 Å². The highest BCUT2D eigenvalue weighted by Gasteiger charge is 2.19. The summed E-state index contributed by atoms with van der Waals surface area (Å²) in [5.74, 6) is 5.63. The average Bonchev–Trinajstić information content (AvgIpc) is 2.31. The van der Waals surface area contributed by atoms with Crippen LogP contribution in [0.3, 0.4) is 0 Å². The minimum absolute atomic E-state index is 0.0487. The van der Waals surface area contributed by atoms with Crippen molar-refractivity contribution in [1.29, 1.82) is 0 Å². The lowest BCUT2D eigenvalue weighted by atomic mass is 9.90. The minimum Gasteiger partial charge on any atom is -0.323 e. The number of nitrogens with two attached hydrogens (primary N) is 1. The summed E-state index contributed by atoms with van der Waals surface area (Å²) in [5.41, 5.74) is 6.45. The number of pyridine rings is 1. The molecule has 18 heavy (non-hydrogen) atoms. The smallest absolute Gasteiger partial charge is 0.0915 e. The molecule has 0 aliphatic carbocycles. The molecule has 96 valence electrons. The van der Waals surface area contributed by atoms with Crippen LogP contribution in [0.25, 0.3) is 10.9 Å². The van der Waals surface area contributed by atoms with E-state index >= 15 is 0 Å². The summed E-state index contributed by atoms with van der Waals surface area (Å²) in [6.07, 6.45) is 0. The van der Waals surface area contributed by atoms with Crippen LogP contribution in [0.4, 0.5) is 5.69 Å². The third-order valence-electron chi connectivity index (χ3n) is 3.04. The molecule has 0 aliphatic heterocycles. The van der Waals surface area contributed by atoms with Crippen LogP contribution in [0.15, 0.2) is 18.2 Å². The molecule has 0 fully saturated rings. The summed E-state index contributed by atoms with van der Waals surface area (Å²) < 4.78 is 0. The maximum absolute atomic E-state index is 6.25. The molecular weight excluding hydrogens is 246 g/mol. The number of benzene rings is 1. The number of anilines is 1. The molecular formula is C14H18ClN3. The van der Waals surface area contributed by atoms with E-state index in [4.69, 9.17) is 17.4 Å². The zero-order valence-corrected chi connectivity index (χ0v) is 11.9. The molecule has 2 aromatic rings. The van der Waals surface area contributed by atoms with Gasteiger partial charge in [0.15, 0.2) is 0 Å². The van der Waals surface area contributed by atoms with Gasteiger partial charge in [-0.3, -0.25) is 10.8 Å². The number of hydrogen-bond donors (Lipinski definition) is 2. The Morgan fingerprint density at radius 3 is 2.50 bits per heavy atom. The van der Waals surface area contributed by atoms with E-state index < -0.39 is 0 Å². The van der Waals surface area contributed by atoms with Gasteiger partial charge in [-0.05, 0) is 24.6 Å². The monoisotopic (exact) mass is 263 g/mol. The van der Waals surface area contributed by atoms with Gasteiger partial charge in [-0.15, -0.1) is 0 Å². The largest absolute Gasteiger partial charge is 0.323 e. The van der Waals surface area contributed by atoms with Crippen molar-refractivity contribution >= 4 is 28.2 Å². The van der Waals surface area contributed by atoms with Gasteiger partial charge < -0.3 is 5.43 Å². The van der Waals surface area contributed by atoms with E-state index in [9.17, 15) is 0 Å². The zero-order chi connectivity index (χ0) is 13.5. The lowest BCUT2D eigenvalue weighted by molar-refractivity contribution is 0.572. The number of hydrazine groups is 1. The van der Waals surface area contributed by atoms with Crippen LogP contribution in [0, 0.1) is 6.92 Å². The predicted molar refractivity (Wildman–Crippen MR) is 78.0 cm³/mol. The molecule has 1 aromatic carbocycles. The SMILES string of the molecule is Cc1ccc(Cl)c2nc(C(C)(C)C)cc(NN)c12. The molecule has 0 bridgehead atoms. The molecule has 1 aromatic heterocycles. The fraction of sp³-hybridized carbons (Fsp3) is 0.357. The van der Waals surface area contributed by atoms with Gasteiger partial charge in [0.25, 0.3) is 0 Å². The van der Waals surface area contributed by atoms with Crippen LogP contribution in [-0.4, -0.2) is 4.98 Å². The third kappa shape index (κ3) is 2.16. The molecule has 0 amide bonds. The Morgan fingerprint density at radius 2 is 1.94 bits per heavy atom. The van der Waals surface area contributed by atoms with Crippen LogP contribution in [0.5, 0.6) is 0 Å². The molecule has 0 saturated carbocycles. The first-order valence-electron chi connectivity index (χ1n) is 5.91. The van der Waals surface area contributed by atoms with E-state index in [0.717, 1.165) is 27.8 Å². The van der Waals surface area contributed by atoms with Crippen molar-refractivity contribution in [3.63, 3.8) is 0 Å². The zero-order valence-electron chi connectivity index (χ0n) is 11.1. The van der Waals surface area contributed by atoms with Crippen molar-refractivity contribution in [3.05, 3.63) is 34.5 Å². The van der Waals surface area contributed by atoms with Gasteiger partial charge in [0, 0.05) is 16.5 Å². The molecule has 3 N–H and O–H groups in total. The van der Waals surface area contributed by atoms with E-state index in [2.05, 4.69) is 31.2 Å². The summed E-state index contributed by atoms with van der Waals surface area (Å²) in [4.78, 5) is 4.69. The summed E-state index contributed by atoms with van der Waals surface area (Å²) in [6.45, 7) is 8.37. The van der Waals surface area contributed by atoms with Crippen LogP contribution in [0.1, 0.15) is 32.0 Å². The Morgan fingerprint density at radius 1 is 1.28 bits per heavy atom. The van der Waals surface area contributed by atoms with Gasteiger partial charge in [-0.2, -0.15) is 0 Å². The Labute approximate surface area is 112 Å². The first kappa shape index (κ1) is 13.1. The van der Waals surface area contributed by atoms with E-state index in [-0.39, 0.29) is 5.41 Å².